The number of ether oxygens (including phenoxy) is 2. The molecular formula is C29H29ClN4O4. The number of hydrogen-bond acceptors (Lipinski definition) is 5. The molecule has 3 aromatic carbocycles. The first kappa shape index (κ1) is 26.8. The summed E-state index contributed by atoms with van der Waals surface area (Å²) in [5.74, 6) is 0.803. The van der Waals surface area contributed by atoms with E-state index in [-0.39, 0.29) is 24.4 Å². The van der Waals surface area contributed by atoms with Crippen molar-refractivity contribution < 1.29 is 19.1 Å². The van der Waals surface area contributed by atoms with Crippen LogP contribution < -0.4 is 14.8 Å². The van der Waals surface area contributed by atoms with E-state index in [9.17, 15) is 9.59 Å². The number of nitrogens with one attached hydrogen (secondary N) is 1. The Balaban J connectivity index is 1.67. The van der Waals surface area contributed by atoms with E-state index in [1.807, 2.05) is 44.3 Å². The lowest BCUT2D eigenvalue weighted by Crippen LogP contribution is -2.42. The summed E-state index contributed by atoms with van der Waals surface area (Å²) in [6.07, 6.45) is 1.81. The van der Waals surface area contributed by atoms with Crippen LogP contribution in [-0.2, 0) is 4.79 Å². The molecule has 0 aliphatic rings. The van der Waals surface area contributed by atoms with Gasteiger partial charge in [-0.3, -0.25) is 19.5 Å². The predicted octanol–water partition coefficient (Wildman–Crippen LogP) is 5.70. The van der Waals surface area contributed by atoms with Crippen molar-refractivity contribution in [3.05, 3.63) is 89.6 Å². The Bertz CT molecular complexity index is 1420. The Morgan fingerprint density at radius 2 is 1.66 bits per heavy atom. The molecule has 0 radical (unpaired) electrons. The van der Waals surface area contributed by atoms with Crippen molar-refractivity contribution in [3.63, 3.8) is 0 Å². The van der Waals surface area contributed by atoms with E-state index < -0.39 is 0 Å². The smallest absolute Gasteiger partial charge is 0.254 e. The van der Waals surface area contributed by atoms with Crippen LogP contribution >= 0.6 is 11.6 Å². The summed E-state index contributed by atoms with van der Waals surface area (Å²) in [7, 11) is 3.12. The third-order valence-corrected chi connectivity index (χ3v) is 6.21. The van der Waals surface area contributed by atoms with Crippen LogP contribution in [0.2, 0.25) is 5.02 Å². The molecule has 0 aliphatic carbocycles. The van der Waals surface area contributed by atoms with Crippen LogP contribution in [0.1, 0.15) is 24.2 Å². The van der Waals surface area contributed by atoms with Crippen LogP contribution in [0.5, 0.6) is 11.5 Å². The molecule has 0 bridgehead atoms. The number of methoxy groups -OCH3 is 2. The molecule has 0 aliphatic heterocycles. The number of carbonyl (C=O) groups is 2. The quantitative estimate of drug-likeness (QED) is 0.299. The van der Waals surface area contributed by atoms with Crippen LogP contribution in [0.3, 0.4) is 0 Å². The van der Waals surface area contributed by atoms with Gasteiger partial charge in [0, 0.05) is 34.5 Å². The van der Waals surface area contributed by atoms with Crippen molar-refractivity contribution in [1.29, 1.82) is 0 Å². The Morgan fingerprint density at radius 1 is 0.974 bits per heavy atom. The third-order valence-electron chi connectivity index (χ3n) is 5.96. The van der Waals surface area contributed by atoms with E-state index in [1.54, 1.807) is 67.3 Å². The normalized spacial score (nSPS) is 10.8. The maximum atomic E-state index is 13.2. The highest BCUT2D eigenvalue weighted by atomic mass is 35.5. The van der Waals surface area contributed by atoms with E-state index >= 15 is 0 Å². The number of rotatable bonds is 9. The summed E-state index contributed by atoms with van der Waals surface area (Å²) in [5, 5.41) is 3.50. The average Bonchev–Trinajstić information content (AvgIpc) is 3.35. The van der Waals surface area contributed by atoms with Gasteiger partial charge < -0.3 is 14.4 Å². The van der Waals surface area contributed by atoms with E-state index in [1.165, 1.54) is 4.90 Å². The molecule has 0 unspecified atom stereocenters. The Morgan fingerprint density at radius 3 is 2.29 bits per heavy atom. The molecular weight excluding hydrogens is 504 g/mol. The van der Waals surface area contributed by atoms with Gasteiger partial charge in [-0.1, -0.05) is 41.9 Å². The maximum absolute atomic E-state index is 13.2. The van der Waals surface area contributed by atoms with Crippen LogP contribution in [0.15, 0.2) is 79.0 Å². The molecule has 1 N–H and O–H groups in total. The lowest BCUT2D eigenvalue weighted by atomic mass is 10.1. The summed E-state index contributed by atoms with van der Waals surface area (Å²) in [5.41, 5.74) is 2.68. The molecule has 1 heterocycles. The number of aromatic nitrogens is 2. The highest BCUT2D eigenvalue weighted by Gasteiger charge is 2.23. The van der Waals surface area contributed by atoms with Crippen molar-refractivity contribution in [2.24, 2.45) is 0 Å². The van der Waals surface area contributed by atoms with Gasteiger partial charge in [0.2, 0.25) is 11.9 Å². The number of imidazole rings is 1. The van der Waals surface area contributed by atoms with Crippen molar-refractivity contribution in [2.45, 2.75) is 19.9 Å². The van der Waals surface area contributed by atoms with Gasteiger partial charge in [-0.15, -0.1) is 0 Å². The summed E-state index contributed by atoms with van der Waals surface area (Å²) < 4.78 is 12.6. The second-order valence-electron chi connectivity index (χ2n) is 8.81. The second-order valence-corrected chi connectivity index (χ2v) is 9.24. The van der Waals surface area contributed by atoms with Crippen LogP contribution in [0.4, 0.5) is 5.95 Å². The molecule has 38 heavy (non-hydrogen) atoms. The standard InChI is InChI=1S/C29H29ClN4O4/c1-19(2)33(28(36)21-8-6-5-7-9-21)18-27(35)32-29-31-24(20-10-12-22(30)13-11-20)17-34(29)23-14-15-25(37-3)26(16-23)38-4/h5-17,19H,18H2,1-4H3,(H,31,32,35). The second kappa shape index (κ2) is 11.8. The molecule has 9 heteroatoms. The largest absolute Gasteiger partial charge is 0.493 e. The van der Waals surface area contributed by atoms with Gasteiger partial charge >= 0.3 is 0 Å². The van der Waals surface area contributed by atoms with E-state index in [0.717, 1.165) is 5.56 Å². The first-order valence-electron chi connectivity index (χ1n) is 12.0. The molecule has 2 amide bonds. The minimum absolute atomic E-state index is 0.138. The number of carbonyl (C=O) groups excluding carboxylic acids is 2. The first-order valence-corrected chi connectivity index (χ1v) is 12.4. The zero-order chi connectivity index (χ0) is 27.2. The SMILES string of the molecule is COc1ccc(-n2cc(-c3ccc(Cl)cc3)nc2NC(=O)CN(C(=O)c2ccccc2)C(C)C)cc1OC. The number of halogens is 1. The molecule has 4 aromatic rings. The minimum Gasteiger partial charge on any atom is -0.493 e. The van der Waals surface area contributed by atoms with Gasteiger partial charge in [0.25, 0.3) is 5.91 Å². The van der Waals surface area contributed by atoms with E-state index in [0.29, 0.717) is 39.4 Å². The minimum atomic E-state index is -0.377. The van der Waals surface area contributed by atoms with Crippen LogP contribution in [0, 0.1) is 0 Å². The van der Waals surface area contributed by atoms with Gasteiger partial charge in [-0.05, 0) is 50.2 Å². The average molecular weight is 533 g/mol. The Hall–Kier alpha value is -4.30. The molecule has 0 atom stereocenters. The first-order chi connectivity index (χ1) is 18.3. The molecule has 8 nitrogen and oxygen atoms in total. The fourth-order valence-electron chi connectivity index (χ4n) is 3.95. The third kappa shape index (κ3) is 5.98. The maximum Gasteiger partial charge on any atom is 0.254 e. The summed E-state index contributed by atoms with van der Waals surface area (Å²) in [4.78, 5) is 32.6. The van der Waals surface area contributed by atoms with E-state index in [4.69, 9.17) is 26.1 Å². The van der Waals surface area contributed by atoms with Crippen LogP contribution in [0.25, 0.3) is 16.9 Å². The number of hydrogen-bond donors (Lipinski definition) is 1. The lowest BCUT2D eigenvalue weighted by molar-refractivity contribution is -0.117. The van der Waals surface area contributed by atoms with Crippen molar-refractivity contribution in [3.8, 4) is 28.4 Å². The lowest BCUT2D eigenvalue weighted by Gasteiger charge is -2.26. The summed E-state index contributed by atoms with van der Waals surface area (Å²) >= 11 is 6.07. The van der Waals surface area contributed by atoms with E-state index in [2.05, 4.69) is 5.32 Å². The zero-order valence-electron chi connectivity index (χ0n) is 21.6. The van der Waals surface area contributed by atoms with Gasteiger partial charge in [0.1, 0.15) is 6.54 Å². The van der Waals surface area contributed by atoms with Gasteiger partial charge in [0.15, 0.2) is 11.5 Å². The van der Waals surface area contributed by atoms with Crippen molar-refractivity contribution >= 4 is 29.4 Å². The molecule has 0 saturated carbocycles. The summed E-state index contributed by atoms with van der Waals surface area (Å²) in [6, 6.07) is 21.4. The van der Waals surface area contributed by atoms with Crippen molar-refractivity contribution in [2.75, 3.05) is 26.1 Å². The molecule has 0 spiro atoms. The molecule has 4 rings (SSSR count). The zero-order valence-corrected chi connectivity index (χ0v) is 22.4. The Labute approximate surface area is 226 Å². The van der Waals surface area contributed by atoms with Gasteiger partial charge in [-0.25, -0.2) is 4.98 Å². The van der Waals surface area contributed by atoms with Crippen molar-refractivity contribution in [1.82, 2.24) is 14.5 Å². The Kier molecular flexibility index (Phi) is 8.33. The highest BCUT2D eigenvalue weighted by molar-refractivity contribution is 6.30. The number of nitrogens with zero attached hydrogens (tertiary/aromatic N) is 3. The van der Waals surface area contributed by atoms with Crippen LogP contribution in [-0.4, -0.2) is 53.1 Å². The predicted molar refractivity (Wildman–Crippen MR) is 148 cm³/mol. The number of benzene rings is 3. The van der Waals surface area contributed by atoms with Gasteiger partial charge in [0.05, 0.1) is 25.6 Å². The summed E-state index contributed by atoms with van der Waals surface area (Å²) in [6.45, 7) is 3.61. The number of amides is 2. The topological polar surface area (TPSA) is 85.7 Å². The highest BCUT2D eigenvalue weighted by Crippen LogP contribution is 2.32. The number of anilines is 1. The fraction of sp³-hybridized carbons (Fsp3) is 0.207. The fourth-order valence-corrected chi connectivity index (χ4v) is 4.08. The molecule has 0 fully saturated rings. The molecule has 1 aromatic heterocycles. The monoisotopic (exact) mass is 532 g/mol. The molecule has 0 saturated heterocycles. The van der Waals surface area contributed by atoms with Gasteiger partial charge in [-0.2, -0.15) is 0 Å². The molecule has 196 valence electrons.